The summed E-state index contributed by atoms with van der Waals surface area (Å²) < 4.78 is 50.8. The Hall–Kier alpha value is -3.42. The van der Waals surface area contributed by atoms with Gasteiger partial charge in [0.1, 0.15) is 11.6 Å². The minimum Gasteiger partial charge on any atom is -0.340 e. The zero-order valence-corrected chi connectivity index (χ0v) is 13.7. The predicted octanol–water partition coefficient (Wildman–Crippen LogP) is 5.24. The molecule has 2 aromatic carbocycles. The first-order valence-electron chi connectivity index (χ1n) is 7.78. The van der Waals surface area contributed by atoms with E-state index in [9.17, 15) is 22.4 Å². The molecule has 0 atom stereocenters. The molecule has 138 valence electrons. The van der Waals surface area contributed by atoms with Gasteiger partial charge in [-0.15, -0.1) is 0 Å². The van der Waals surface area contributed by atoms with Gasteiger partial charge in [-0.05, 0) is 54.6 Å². The molecule has 27 heavy (non-hydrogen) atoms. The first kappa shape index (κ1) is 18.4. The lowest BCUT2D eigenvalue weighted by atomic mass is 10.2. The summed E-state index contributed by atoms with van der Waals surface area (Å²) in [4.78, 5) is 16.1. The number of benzene rings is 2. The summed E-state index contributed by atoms with van der Waals surface area (Å²) in [5.41, 5.74) is 0.257. The lowest BCUT2D eigenvalue weighted by Gasteiger charge is -2.10. The van der Waals surface area contributed by atoms with Crippen molar-refractivity contribution in [2.75, 3.05) is 10.6 Å². The van der Waals surface area contributed by atoms with Gasteiger partial charge in [0.05, 0.1) is 17.4 Å². The van der Waals surface area contributed by atoms with E-state index in [4.69, 9.17) is 0 Å². The van der Waals surface area contributed by atoms with Crippen LogP contribution in [0.25, 0.3) is 0 Å². The highest BCUT2D eigenvalue weighted by molar-refractivity contribution is 6.04. The van der Waals surface area contributed by atoms with Crippen LogP contribution >= 0.6 is 0 Å². The van der Waals surface area contributed by atoms with Crippen molar-refractivity contribution in [3.05, 3.63) is 83.8 Å². The maximum Gasteiger partial charge on any atom is 0.416 e. The van der Waals surface area contributed by atoms with Crippen molar-refractivity contribution in [2.24, 2.45) is 0 Å². The fraction of sp³-hybridized carbons (Fsp3) is 0.0526. The molecule has 0 saturated heterocycles. The van der Waals surface area contributed by atoms with Crippen LogP contribution in [-0.2, 0) is 6.18 Å². The fourth-order valence-corrected chi connectivity index (χ4v) is 2.27. The number of hydrogen-bond acceptors (Lipinski definition) is 3. The van der Waals surface area contributed by atoms with Crippen LogP contribution in [0.15, 0.2) is 66.9 Å². The average molecular weight is 375 g/mol. The molecule has 0 aliphatic heterocycles. The molecule has 3 rings (SSSR count). The molecule has 0 fully saturated rings. The second-order valence-corrected chi connectivity index (χ2v) is 5.60. The summed E-state index contributed by atoms with van der Waals surface area (Å²) in [6.07, 6.45) is -3.01. The highest BCUT2D eigenvalue weighted by Gasteiger charge is 2.29. The smallest absolute Gasteiger partial charge is 0.340 e. The molecule has 3 aromatic rings. The monoisotopic (exact) mass is 375 g/mol. The average Bonchev–Trinajstić information content (AvgIpc) is 2.63. The van der Waals surface area contributed by atoms with E-state index in [2.05, 4.69) is 15.6 Å². The number of nitrogens with zero attached hydrogens (tertiary/aromatic N) is 1. The summed E-state index contributed by atoms with van der Waals surface area (Å²) in [7, 11) is 0. The molecule has 0 radical (unpaired) electrons. The quantitative estimate of drug-likeness (QED) is 0.614. The number of aromatic nitrogens is 1. The van der Waals surface area contributed by atoms with E-state index >= 15 is 0 Å². The minimum atomic E-state index is -4.39. The zero-order chi connectivity index (χ0) is 19.4. The third-order valence-corrected chi connectivity index (χ3v) is 3.59. The highest BCUT2D eigenvalue weighted by Crippen LogP contribution is 2.30. The number of amides is 1. The van der Waals surface area contributed by atoms with E-state index in [1.54, 1.807) is 12.1 Å². The SMILES string of the molecule is O=C(Nc1ccc(Nc2ccc(C(F)(F)F)cc2)nc1)c1cccc(F)c1. The van der Waals surface area contributed by atoms with E-state index in [-0.39, 0.29) is 5.56 Å². The third-order valence-electron chi connectivity index (χ3n) is 3.59. The van der Waals surface area contributed by atoms with Gasteiger partial charge < -0.3 is 10.6 Å². The normalized spacial score (nSPS) is 11.1. The first-order valence-corrected chi connectivity index (χ1v) is 7.78. The van der Waals surface area contributed by atoms with Gasteiger partial charge >= 0.3 is 6.18 Å². The van der Waals surface area contributed by atoms with Gasteiger partial charge in [0, 0.05) is 11.3 Å². The van der Waals surface area contributed by atoms with Crippen LogP contribution in [0.5, 0.6) is 0 Å². The van der Waals surface area contributed by atoms with Crippen LogP contribution in [-0.4, -0.2) is 10.9 Å². The Kier molecular flexibility index (Phi) is 5.07. The summed E-state index contributed by atoms with van der Waals surface area (Å²) >= 11 is 0. The van der Waals surface area contributed by atoms with Crippen LogP contribution in [0.4, 0.5) is 34.8 Å². The van der Waals surface area contributed by atoms with Gasteiger partial charge in [0.2, 0.25) is 0 Å². The Morgan fingerprint density at radius 2 is 1.63 bits per heavy atom. The Bertz CT molecular complexity index is 938. The Balaban J connectivity index is 1.64. The maximum atomic E-state index is 13.2. The summed E-state index contributed by atoms with van der Waals surface area (Å²) in [6, 6.07) is 12.9. The topological polar surface area (TPSA) is 54.0 Å². The van der Waals surface area contributed by atoms with E-state index < -0.39 is 23.5 Å². The van der Waals surface area contributed by atoms with Gasteiger partial charge in [-0.1, -0.05) is 6.07 Å². The molecule has 0 aliphatic rings. The predicted molar refractivity (Wildman–Crippen MR) is 93.3 cm³/mol. The van der Waals surface area contributed by atoms with Crippen molar-refractivity contribution in [3.8, 4) is 0 Å². The molecule has 0 unspecified atom stereocenters. The fourth-order valence-electron chi connectivity index (χ4n) is 2.27. The number of carbonyl (C=O) groups is 1. The van der Waals surface area contributed by atoms with Gasteiger partial charge in [-0.25, -0.2) is 9.37 Å². The van der Waals surface area contributed by atoms with Crippen LogP contribution in [0, 0.1) is 5.82 Å². The van der Waals surface area contributed by atoms with E-state index in [1.807, 2.05) is 0 Å². The minimum absolute atomic E-state index is 0.168. The summed E-state index contributed by atoms with van der Waals surface area (Å²) in [6.45, 7) is 0. The lowest BCUT2D eigenvalue weighted by Crippen LogP contribution is -2.12. The van der Waals surface area contributed by atoms with Crippen molar-refractivity contribution in [2.45, 2.75) is 6.18 Å². The molecule has 8 heteroatoms. The molecule has 0 saturated carbocycles. The number of rotatable bonds is 4. The molecule has 1 amide bonds. The molecular formula is C19H13F4N3O. The second-order valence-electron chi connectivity index (χ2n) is 5.60. The summed E-state index contributed by atoms with van der Waals surface area (Å²) in [5.74, 6) is -0.616. The summed E-state index contributed by atoms with van der Waals surface area (Å²) in [5, 5.41) is 5.44. The maximum absolute atomic E-state index is 13.2. The standard InChI is InChI=1S/C19H13F4N3O/c20-14-3-1-2-12(10-14)18(27)26-16-8-9-17(24-11-16)25-15-6-4-13(5-7-15)19(21,22)23/h1-11H,(H,24,25)(H,26,27). The zero-order valence-electron chi connectivity index (χ0n) is 13.7. The number of pyridine rings is 1. The van der Waals surface area contributed by atoms with Crippen molar-refractivity contribution < 1.29 is 22.4 Å². The third kappa shape index (κ3) is 4.81. The largest absolute Gasteiger partial charge is 0.416 e. The van der Waals surface area contributed by atoms with E-state index in [1.165, 1.54) is 36.5 Å². The van der Waals surface area contributed by atoms with E-state index in [0.29, 0.717) is 17.2 Å². The van der Waals surface area contributed by atoms with E-state index in [0.717, 1.165) is 18.2 Å². The Morgan fingerprint density at radius 3 is 2.22 bits per heavy atom. The number of halogens is 4. The van der Waals surface area contributed by atoms with Gasteiger partial charge in [0.15, 0.2) is 0 Å². The van der Waals surface area contributed by atoms with Gasteiger partial charge in [0.25, 0.3) is 5.91 Å². The van der Waals surface area contributed by atoms with Crippen molar-refractivity contribution in [3.63, 3.8) is 0 Å². The van der Waals surface area contributed by atoms with Crippen LogP contribution in [0.2, 0.25) is 0 Å². The van der Waals surface area contributed by atoms with Gasteiger partial charge in [-0.3, -0.25) is 4.79 Å². The van der Waals surface area contributed by atoms with Crippen LogP contribution < -0.4 is 10.6 Å². The highest BCUT2D eigenvalue weighted by atomic mass is 19.4. The molecule has 0 bridgehead atoms. The van der Waals surface area contributed by atoms with Crippen molar-refractivity contribution in [1.29, 1.82) is 0 Å². The first-order chi connectivity index (χ1) is 12.8. The van der Waals surface area contributed by atoms with Crippen molar-refractivity contribution >= 4 is 23.1 Å². The molecule has 1 aromatic heterocycles. The lowest BCUT2D eigenvalue weighted by molar-refractivity contribution is -0.137. The second kappa shape index (κ2) is 7.45. The van der Waals surface area contributed by atoms with Crippen LogP contribution in [0.3, 0.4) is 0 Å². The molecule has 2 N–H and O–H groups in total. The Labute approximate surface area is 151 Å². The number of carbonyl (C=O) groups excluding carboxylic acids is 1. The number of anilines is 3. The molecule has 4 nitrogen and oxygen atoms in total. The van der Waals surface area contributed by atoms with Crippen molar-refractivity contribution in [1.82, 2.24) is 4.98 Å². The molecule has 0 aliphatic carbocycles. The molecular weight excluding hydrogens is 362 g/mol. The number of alkyl halides is 3. The number of nitrogens with one attached hydrogen (secondary N) is 2. The molecule has 0 spiro atoms. The number of hydrogen-bond donors (Lipinski definition) is 2. The van der Waals surface area contributed by atoms with Crippen LogP contribution in [0.1, 0.15) is 15.9 Å². The molecule has 1 heterocycles. The van der Waals surface area contributed by atoms with Gasteiger partial charge in [-0.2, -0.15) is 13.2 Å². The Morgan fingerprint density at radius 1 is 0.926 bits per heavy atom.